The van der Waals surface area contributed by atoms with Gasteiger partial charge in [0.2, 0.25) is 0 Å². The molecule has 5 heteroatoms. The van der Waals surface area contributed by atoms with Gasteiger partial charge in [-0.1, -0.05) is 12.1 Å². The first-order valence-electron chi connectivity index (χ1n) is 11.8. The van der Waals surface area contributed by atoms with Crippen molar-refractivity contribution in [1.82, 2.24) is 9.55 Å². The van der Waals surface area contributed by atoms with Gasteiger partial charge in [-0.3, -0.25) is 0 Å². The summed E-state index contributed by atoms with van der Waals surface area (Å²) < 4.78 is 16.9. The number of hydrogen-bond acceptors (Lipinski definition) is 3. The van der Waals surface area contributed by atoms with E-state index in [4.69, 9.17) is 5.73 Å². The van der Waals surface area contributed by atoms with Gasteiger partial charge in [0.1, 0.15) is 5.82 Å². The molecule has 160 valence electrons. The van der Waals surface area contributed by atoms with E-state index in [2.05, 4.69) is 9.55 Å². The zero-order chi connectivity index (χ0) is 20.5. The molecule has 4 bridgehead atoms. The highest BCUT2D eigenvalue weighted by Crippen LogP contribution is 2.65. The van der Waals surface area contributed by atoms with E-state index < -0.39 is 6.10 Å². The van der Waals surface area contributed by atoms with E-state index in [-0.39, 0.29) is 17.3 Å². The van der Waals surface area contributed by atoms with Crippen molar-refractivity contribution in [3.05, 3.63) is 42.1 Å². The summed E-state index contributed by atoms with van der Waals surface area (Å²) in [6.45, 7) is 0.785. The van der Waals surface area contributed by atoms with Gasteiger partial charge in [0.05, 0.1) is 30.4 Å². The molecule has 4 saturated carbocycles. The minimum atomic E-state index is -0.396. The highest BCUT2D eigenvalue weighted by molar-refractivity contribution is 5.69. The Hall–Kier alpha value is -1.72. The van der Waals surface area contributed by atoms with Gasteiger partial charge in [-0.15, -0.1) is 0 Å². The summed E-state index contributed by atoms with van der Waals surface area (Å²) in [6.07, 6.45) is 12.3. The number of imidazole rings is 1. The molecular weight excluding hydrogens is 377 g/mol. The van der Waals surface area contributed by atoms with Crippen LogP contribution in [0.3, 0.4) is 0 Å². The molecule has 4 nitrogen and oxygen atoms in total. The van der Waals surface area contributed by atoms with Gasteiger partial charge in [0.25, 0.3) is 0 Å². The maximum absolute atomic E-state index is 14.8. The molecule has 5 aliphatic rings. The number of nitrogens with two attached hydrogens (primary N) is 1. The molecule has 1 aliphatic heterocycles. The second-order valence-electron chi connectivity index (χ2n) is 10.6. The van der Waals surface area contributed by atoms with Crippen molar-refractivity contribution in [2.45, 2.75) is 63.5 Å². The molecular formula is C25H32FN3O. The Labute approximate surface area is 177 Å². The van der Waals surface area contributed by atoms with Crippen molar-refractivity contribution in [3.8, 4) is 11.3 Å². The Morgan fingerprint density at radius 1 is 1.23 bits per heavy atom. The van der Waals surface area contributed by atoms with Gasteiger partial charge in [-0.05, 0) is 93.1 Å². The largest absolute Gasteiger partial charge is 0.392 e. The van der Waals surface area contributed by atoms with E-state index in [9.17, 15) is 9.50 Å². The van der Waals surface area contributed by atoms with E-state index >= 15 is 0 Å². The first-order chi connectivity index (χ1) is 14.6. The third-order valence-electron chi connectivity index (χ3n) is 9.07. The Balaban J connectivity index is 1.28. The molecule has 2 aromatic rings. The smallest absolute Gasteiger partial charge is 0.129 e. The molecule has 0 radical (unpaired) electrons. The quantitative estimate of drug-likeness (QED) is 0.737. The number of aromatic nitrogens is 2. The number of fused-ring (bicyclic) bond motifs is 3. The highest BCUT2D eigenvalue weighted by Gasteiger charge is 2.57. The predicted octanol–water partition coefficient (Wildman–Crippen LogP) is 4.52. The minimum Gasteiger partial charge on any atom is -0.392 e. The van der Waals surface area contributed by atoms with Crippen LogP contribution in [0.15, 0.2) is 30.7 Å². The molecule has 1 aromatic carbocycles. The fourth-order valence-corrected chi connectivity index (χ4v) is 8.12. The monoisotopic (exact) mass is 409 g/mol. The summed E-state index contributed by atoms with van der Waals surface area (Å²) >= 11 is 0. The summed E-state index contributed by atoms with van der Waals surface area (Å²) in [5.41, 5.74) is 8.45. The topological polar surface area (TPSA) is 64.1 Å². The maximum Gasteiger partial charge on any atom is 0.129 e. The van der Waals surface area contributed by atoms with Crippen molar-refractivity contribution in [2.24, 2.45) is 34.8 Å². The zero-order valence-corrected chi connectivity index (χ0v) is 17.5. The Bertz CT molecular complexity index is 940. The summed E-state index contributed by atoms with van der Waals surface area (Å²) in [4.78, 5) is 4.31. The van der Waals surface area contributed by atoms with Crippen LogP contribution in [0.1, 0.15) is 63.0 Å². The molecule has 4 unspecified atom stereocenters. The molecule has 7 rings (SSSR count). The second-order valence-corrected chi connectivity index (χ2v) is 10.6. The average molecular weight is 410 g/mol. The summed E-state index contributed by atoms with van der Waals surface area (Å²) in [5, 5.41) is 11.6. The third kappa shape index (κ3) is 2.67. The molecule has 3 N–H and O–H groups in total. The van der Waals surface area contributed by atoms with Crippen LogP contribution in [0.4, 0.5) is 4.39 Å². The van der Waals surface area contributed by atoms with Crippen LogP contribution >= 0.6 is 0 Å². The predicted molar refractivity (Wildman–Crippen MR) is 114 cm³/mol. The Morgan fingerprint density at radius 3 is 2.80 bits per heavy atom. The number of benzene rings is 1. The molecule has 0 amide bonds. The first-order valence-corrected chi connectivity index (χ1v) is 11.8. The standard InChI is InChI=1S/C25H32FN3O/c26-20-5-1-3-19-22-13-28-14-29(22)21(24(19)20)9-23(30)25-10-15-7-16(11-25)18(4-2-6-27)17(8-15)12-25/h1,3,5,13-18,21,23,30H,2,4,6-12,27H2. The van der Waals surface area contributed by atoms with Gasteiger partial charge >= 0.3 is 0 Å². The maximum atomic E-state index is 14.8. The Morgan fingerprint density at radius 2 is 2.03 bits per heavy atom. The summed E-state index contributed by atoms with van der Waals surface area (Å²) in [7, 11) is 0. The van der Waals surface area contributed by atoms with Gasteiger partial charge in [0, 0.05) is 11.1 Å². The summed E-state index contributed by atoms with van der Waals surface area (Å²) in [5.74, 6) is 2.89. The molecule has 30 heavy (non-hydrogen) atoms. The van der Waals surface area contributed by atoms with Crippen LogP contribution in [0.2, 0.25) is 0 Å². The van der Waals surface area contributed by atoms with Crippen LogP contribution in [0.25, 0.3) is 11.3 Å². The van der Waals surface area contributed by atoms with Crippen molar-refractivity contribution in [1.29, 1.82) is 0 Å². The molecule has 2 heterocycles. The van der Waals surface area contributed by atoms with Crippen LogP contribution in [-0.2, 0) is 0 Å². The number of rotatable bonds is 6. The molecule has 0 spiro atoms. The van der Waals surface area contributed by atoms with Crippen LogP contribution in [-0.4, -0.2) is 27.3 Å². The van der Waals surface area contributed by atoms with Crippen molar-refractivity contribution >= 4 is 0 Å². The lowest BCUT2D eigenvalue weighted by molar-refractivity contribution is -0.151. The molecule has 0 saturated heterocycles. The van der Waals surface area contributed by atoms with E-state index in [1.807, 2.05) is 12.3 Å². The van der Waals surface area contributed by atoms with E-state index in [1.165, 1.54) is 19.3 Å². The number of aliphatic hydroxyl groups excluding tert-OH is 1. The Kier molecular flexibility index (Phi) is 4.37. The molecule has 4 fully saturated rings. The lowest BCUT2D eigenvalue weighted by atomic mass is 9.44. The highest BCUT2D eigenvalue weighted by atomic mass is 19.1. The zero-order valence-electron chi connectivity index (χ0n) is 17.5. The normalized spacial score (nSPS) is 36.7. The van der Waals surface area contributed by atoms with E-state index in [0.29, 0.717) is 6.42 Å². The van der Waals surface area contributed by atoms with Crippen molar-refractivity contribution < 1.29 is 9.50 Å². The number of nitrogens with zero attached hydrogens (tertiary/aromatic N) is 2. The van der Waals surface area contributed by atoms with Crippen molar-refractivity contribution in [2.75, 3.05) is 6.54 Å². The lowest BCUT2D eigenvalue weighted by Gasteiger charge is -2.62. The van der Waals surface area contributed by atoms with Gasteiger partial charge in [-0.2, -0.15) is 0 Å². The van der Waals surface area contributed by atoms with Crippen LogP contribution in [0.5, 0.6) is 0 Å². The fourth-order valence-electron chi connectivity index (χ4n) is 8.12. The molecule has 1 aromatic heterocycles. The minimum absolute atomic E-state index is 0.0183. The molecule has 4 atom stereocenters. The van der Waals surface area contributed by atoms with Gasteiger partial charge in [-0.25, -0.2) is 9.37 Å². The van der Waals surface area contributed by atoms with Crippen LogP contribution < -0.4 is 5.73 Å². The number of hydrogen-bond donors (Lipinski definition) is 2. The van der Waals surface area contributed by atoms with Gasteiger partial charge in [0.15, 0.2) is 0 Å². The average Bonchev–Trinajstić information content (AvgIpc) is 3.30. The molecule has 4 aliphatic carbocycles. The van der Waals surface area contributed by atoms with E-state index in [1.54, 1.807) is 18.5 Å². The van der Waals surface area contributed by atoms with Crippen LogP contribution in [0, 0.1) is 34.9 Å². The second kappa shape index (κ2) is 6.89. The fraction of sp³-hybridized carbons (Fsp3) is 0.640. The SMILES string of the molecule is NCCCC1C2CC3CC1CC(C(O)CC1c4c(F)cccc4-c4cncn41)(C3)C2. The third-order valence-corrected chi connectivity index (χ3v) is 9.07. The lowest BCUT2D eigenvalue weighted by Crippen LogP contribution is -2.55. The number of aliphatic hydroxyl groups is 1. The van der Waals surface area contributed by atoms with E-state index in [0.717, 1.165) is 72.7 Å². The summed E-state index contributed by atoms with van der Waals surface area (Å²) in [6, 6.07) is 5.13. The first kappa shape index (κ1) is 19.0. The van der Waals surface area contributed by atoms with Gasteiger partial charge < -0.3 is 15.4 Å². The number of halogens is 1. The van der Waals surface area contributed by atoms with Crippen molar-refractivity contribution in [3.63, 3.8) is 0 Å².